The molecule has 6 heteroatoms. The molecule has 1 aliphatic heterocycles. The predicted octanol–water partition coefficient (Wildman–Crippen LogP) is 4.40. The molecular weight excluding hydrogens is 379 g/mol. The summed E-state index contributed by atoms with van der Waals surface area (Å²) < 4.78 is 14.3. The number of likely N-dealkylation sites (tertiary alicyclic amines) is 1. The number of hydrogen-bond acceptors (Lipinski definition) is 4. The highest BCUT2D eigenvalue weighted by Gasteiger charge is 2.48. The van der Waals surface area contributed by atoms with Gasteiger partial charge in [0.25, 0.3) is 0 Å². The SMILES string of the molecule is Cc1nc(-c2ccnc3[nH]cc(F)c23)ccc1[C@@]1(O)[C@H](C)CN(C2CCC2)C[C@@H]1C. The summed E-state index contributed by atoms with van der Waals surface area (Å²) in [6.45, 7) is 8.06. The number of aliphatic hydroxyl groups is 1. The largest absolute Gasteiger partial charge is 0.384 e. The van der Waals surface area contributed by atoms with Crippen molar-refractivity contribution in [3.63, 3.8) is 0 Å². The summed E-state index contributed by atoms with van der Waals surface area (Å²) in [6.07, 6.45) is 6.87. The van der Waals surface area contributed by atoms with E-state index < -0.39 is 5.60 Å². The maximum atomic E-state index is 14.3. The van der Waals surface area contributed by atoms with E-state index in [0.29, 0.717) is 28.3 Å². The fourth-order valence-corrected chi connectivity index (χ4v) is 5.49. The lowest BCUT2D eigenvalue weighted by molar-refractivity contribution is -0.126. The maximum Gasteiger partial charge on any atom is 0.150 e. The van der Waals surface area contributed by atoms with Crippen molar-refractivity contribution in [2.75, 3.05) is 13.1 Å². The second-order valence-electron chi connectivity index (χ2n) is 9.21. The van der Waals surface area contributed by atoms with Crippen LogP contribution in [0.3, 0.4) is 0 Å². The van der Waals surface area contributed by atoms with Gasteiger partial charge in [0.15, 0.2) is 5.82 Å². The number of aromatic nitrogens is 3. The van der Waals surface area contributed by atoms with E-state index in [1.807, 2.05) is 19.1 Å². The Hall–Kier alpha value is -2.31. The molecule has 0 amide bonds. The lowest BCUT2D eigenvalue weighted by Crippen LogP contribution is -2.58. The molecule has 5 rings (SSSR count). The minimum atomic E-state index is -0.914. The average Bonchev–Trinajstić information content (AvgIpc) is 3.06. The quantitative estimate of drug-likeness (QED) is 0.674. The Labute approximate surface area is 176 Å². The first-order chi connectivity index (χ1) is 14.4. The van der Waals surface area contributed by atoms with Gasteiger partial charge in [0.1, 0.15) is 5.65 Å². The molecule has 1 aliphatic carbocycles. The number of halogens is 1. The number of nitrogens with zero attached hydrogens (tertiary/aromatic N) is 3. The van der Waals surface area contributed by atoms with Crippen LogP contribution in [-0.2, 0) is 5.60 Å². The number of pyridine rings is 2. The third-order valence-electron chi connectivity index (χ3n) is 7.43. The zero-order valence-corrected chi connectivity index (χ0v) is 17.8. The van der Waals surface area contributed by atoms with E-state index in [0.717, 1.165) is 24.3 Å². The summed E-state index contributed by atoms with van der Waals surface area (Å²) in [5, 5.41) is 12.3. The van der Waals surface area contributed by atoms with E-state index in [4.69, 9.17) is 4.98 Å². The molecule has 2 N–H and O–H groups in total. The fraction of sp³-hybridized carbons (Fsp3) is 0.500. The smallest absolute Gasteiger partial charge is 0.150 e. The van der Waals surface area contributed by atoms with E-state index in [-0.39, 0.29) is 17.7 Å². The summed E-state index contributed by atoms with van der Waals surface area (Å²) in [5.41, 5.74) is 2.69. The molecule has 1 saturated carbocycles. The predicted molar refractivity (Wildman–Crippen MR) is 115 cm³/mol. The molecule has 3 aromatic heterocycles. The molecule has 0 unspecified atom stereocenters. The van der Waals surface area contributed by atoms with Gasteiger partial charge in [-0.2, -0.15) is 0 Å². The first kappa shape index (κ1) is 19.6. The van der Waals surface area contributed by atoms with Crippen LogP contribution in [0.1, 0.15) is 44.4 Å². The van der Waals surface area contributed by atoms with Crippen LogP contribution in [-0.4, -0.2) is 44.1 Å². The average molecular weight is 409 g/mol. The van der Waals surface area contributed by atoms with Crippen LogP contribution in [0.15, 0.2) is 30.6 Å². The second kappa shape index (κ2) is 7.13. The van der Waals surface area contributed by atoms with Crippen LogP contribution in [0.4, 0.5) is 4.39 Å². The first-order valence-electron chi connectivity index (χ1n) is 11.0. The van der Waals surface area contributed by atoms with Gasteiger partial charge in [0.05, 0.1) is 16.7 Å². The van der Waals surface area contributed by atoms with Gasteiger partial charge in [-0.05, 0) is 31.9 Å². The molecule has 0 spiro atoms. The number of rotatable bonds is 3. The standard InChI is InChI=1S/C24H29FN4O/c1-14-12-29(17-5-4-6-17)13-15(2)24(14,30)19-7-8-21(28-16(19)3)18-9-10-26-23-22(18)20(25)11-27-23/h7-11,14-15,17,30H,4-6,12-13H2,1-3H3,(H,26,27)/t14-,15+,24-. The van der Waals surface area contributed by atoms with Crippen molar-refractivity contribution in [3.8, 4) is 11.3 Å². The van der Waals surface area contributed by atoms with Gasteiger partial charge < -0.3 is 10.1 Å². The van der Waals surface area contributed by atoms with Gasteiger partial charge in [-0.3, -0.25) is 9.88 Å². The molecule has 1 saturated heterocycles. The van der Waals surface area contributed by atoms with Crippen molar-refractivity contribution in [1.29, 1.82) is 0 Å². The van der Waals surface area contributed by atoms with Gasteiger partial charge in [0, 0.05) is 60.2 Å². The fourth-order valence-electron chi connectivity index (χ4n) is 5.49. The summed E-state index contributed by atoms with van der Waals surface area (Å²) in [5.74, 6) is -0.105. The summed E-state index contributed by atoms with van der Waals surface area (Å²) in [6, 6.07) is 6.36. The van der Waals surface area contributed by atoms with Crippen LogP contribution in [0, 0.1) is 24.6 Å². The lowest BCUT2D eigenvalue weighted by Gasteiger charge is -2.52. The zero-order valence-electron chi connectivity index (χ0n) is 17.8. The molecular formula is C24H29FN4O. The number of hydrogen-bond donors (Lipinski definition) is 2. The van der Waals surface area contributed by atoms with E-state index in [1.54, 1.807) is 12.3 Å². The minimum absolute atomic E-state index is 0.114. The minimum Gasteiger partial charge on any atom is -0.384 e. The number of nitrogens with one attached hydrogen (secondary N) is 1. The highest BCUT2D eigenvalue weighted by molar-refractivity contribution is 5.92. The Bertz CT molecular complexity index is 1080. The highest BCUT2D eigenvalue weighted by Crippen LogP contribution is 2.44. The third kappa shape index (κ3) is 2.88. The molecule has 3 aromatic rings. The number of H-pyrrole nitrogens is 1. The van der Waals surface area contributed by atoms with Crippen molar-refractivity contribution in [3.05, 3.63) is 47.7 Å². The van der Waals surface area contributed by atoms with E-state index in [1.165, 1.54) is 25.5 Å². The molecule has 2 aliphatic rings. The molecule has 0 aromatic carbocycles. The van der Waals surface area contributed by atoms with Crippen molar-refractivity contribution >= 4 is 11.0 Å². The monoisotopic (exact) mass is 408 g/mol. The van der Waals surface area contributed by atoms with Crippen molar-refractivity contribution in [1.82, 2.24) is 19.9 Å². The molecule has 0 bridgehead atoms. The Kier molecular flexibility index (Phi) is 4.67. The topological polar surface area (TPSA) is 65.0 Å². The number of piperidine rings is 1. The molecule has 3 atom stereocenters. The van der Waals surface area contributed by atoms with Crippen LogP contribution >= 0.6 is 0 Å². The first-order valence-corrected chi connectivity index (χ1v) is 11.0. The summed E-state index contributed by atoms with van der Waals surface area (Å²) in [4.78, 5) is 14.4. The Morgan fingerprint density at radius 1 is 1.17 bits per heavy atom. The van der Waals surface area contributed by atoms with E-state index >= 15 is 0 Å². The second-order valence-corrected chi connectivity index (χ2v) is 9.21. The molecule has 5 nitrogen and oxygen atoms in total. The van der Waals surface area contributed by atoms with Gasteiger partial charge in [-0.1, -0.05) is 26.3 Å². The van der Waals surface area contributed by atoms with E-state index in [9.17, 15) is 9.50 Å². The van der Waals surface area contributed by atoms with Crippen LogP contribution < -0.4 is 0 Å². The Morgan fingerprint density at radius 3 is 2.53 bits per heavy atom. The van der Waals surface area contributed by atoms with E-state index in [2.05, 4.69) is 28.7 Å². The normalized spacial score (nSPS) is 28.0. The van der Waals surface area contributed by atoms with Gasteiger partial charge in [0.2, 0.25) is 0 Å². The van der Waals surface area contributed by atoms with Crippen molar-refractivity contribution in [2.45, 2.75) is 51.7 Å². The van der Waals surface area contributed by atoms with Gasteiger partial charge in [-0.15, -0.1) is 0 Å². The number of aromatic amines is 1. The van der Waals surface area contributed by atoms with Crippen molar-refractivity contribution < 1.29 is 9.50 Å². The van der Waals surface area contributed by atoms with Gasteiger partial charge in [-0.25, -0.2) is 9.37 Å². The molecule has 2 fully saturated rings. The Morgan fingerprint density at radius 2 is 1.90 bits per heavy atom. The molecule has 158 valence electrons. The summed E-state index contributed by atoms with van der Waals surface area (Å²) >= 11 is 0. The number of aryl methyl sites for hydroxylation is 1. The Balaban J connectivity index is 1.51. The zero-order chi connectivity index (χ0) is 21.0. The lowest BCUT2D eigenvalue weighted by atomic mass is 9.69. The van der Waals surface area contributed by atoms with Crippen LogP contribution in [0.2, 0.25) is 0 Å². The van der Waals surface area contributed by atoms with Crippen LogP contribution in [0.5, 0.6) is 0 Å². The third-order valence-corrected chi connectivity index (χ3v) is 7.43. The van der Waals surface area contributed by atoms with Crippen molar-refractivity contribution in [2.24, 2.45) is 11.8 Å². The van der Waals surface area contributed by atoms with Gasteiger partial charge >= 0.3 is 0 Å². The number of fused-ring (bicyclic) bond motifs is 1. The molecule has 0 radical (unpaired) electrons. The molecule has 4 heterocycles. The summed E-state index contributed by atoms with van der Waals surface area (Å²) in [7, 11) is 0. The maximum absolute atomic E-state index is 14.3. The van der Waals surface area contributed by atoms with Crippen LogP contribution in [0.25, 0.3) is 22.3 Å². The molecule has 30 heavy (non-hydrogen) atoms. The highest BCUT2D eigenvalue weighted by atomic mass is 19.1.